The summed E-state index contributed by atoms with van der Waals surface area (Å²) in [6, 6.07) is 1.21. The van der Waals surface area contributed by atoms with Crippen molar-refractivity contribution in [1.29, 1.82) is 0 Å². The highest BCUT2D eigenvalue weighted by molar-refractivity contribution is 14.1. The van der Waals surface area contributed by atoms with Gasteiger partial charge in [-0.3, -0.25) is 4.79 Å². The molecule has 6 heteroatoms. The van der Waals surface area contributed by atoms with Crippen molar-refractivity contribution in [2.24, 2.45) is 0 Å². The molecular formula is C7H3BrF2INO. The minimum absolute atomic E-state index is 0.0327. The van der Waals surface area contributed by atoms with E-state index in [1.54, 1.807) is 22.6 Å². The maximum atomic E-state index is 12.4. The smallest absolute Gasteiger partial charge is 0.265 e. The molecule has 0 radical (unpaired) electrons. The van der Waals surface area contributed by atoms with Crippen molar-refractivity contribution in [2.45, 2.75) is 6.43 Å². The summed E-state index contributed by atoms with van der Waals surface area (Å²) in [6.45, 7) is 0. The van der Waals surface area contributed by atoms with Crippen LogP contribution in [0.4, 0.5) is 8.78 Å². The number of alkyl halides is 2. The van der Waals surface area contributed by atoms with Gasteiger partial charge in [-0.1, -0.05) is 0 Å². The van der Waals surface area contributed by atoms with E-state index in [1.165, 1.54) is 6.07 Å². The van der Waals surface area contributed by atoms with E-state index in [0.717, 1.165) is 0 Å². The van der Waals surface area contributed by atoms with E-state index in [1.807, 2.05) is 0 Å². The fraction of sp³-hybridized carbons (Fsp3) is 0.143. The van der Waals surface area contributed by atoms with Crippen LogP contribution in [0.2, 0.25) is 0 Å². The Morgan fingerprint density at radius 1 is 1.62 bits per heavy atom. The molecule has 70 valence electrons. The second kappa shape index (κ2) is 4.41. The van der Waals surface area contributed by atoms with Gasteiger partial charge in [0, 0.05) is 5.56 Å². The van der Waals surface area contributed by atoms with Crippen molar-refractivity contribution in [3.05, 3.63) is 25.5 Å². The third-order valence-electron chi connectivity index (χ3n) is 1.33. The lowest BCUT2D eigenvalue weighted by atomic mass is 10.2. The van der Waals surface area contributed by atoms with Crippen molar-refractivity contribution in [1.82, 2.24) is 4.98 Å². The quantitative estimate of drug-likeness (QED) is 0.460. The maximum Gasteiger partial charge on any atom is 0.265 e. The zero-order chi connectivity index (χ0) is 10.0. The molecule has 1 heterocycles. The van der Waals surface area contributed by atoms with Crippen LogP contribution in [0, 0.1) is 3.57 Å². The van der Waals surface area contributed by atoms with Gasteiger partial charge < -0.3 is 0 Å². The van der Waals surface area contributed by atoms with Gasteiger partial charge in [-0.2, -0.15) is 0 Å². The number of hydrogen-bond acceptors (Lipinski definition) is 2. The van der Waals surface area contributed by atoms with Crippen LogP contribution in [0.3, 0.4) is 0 Å². The monoisotopic (exact) mass is 361 g/mol. The second-order valence-electron chi connectivity index (χ2n) is 2.15. The summed E-state index contributed by atoms with van der Waals surface area (Å²) in [5.74, 6) is 0. The lowest BCUT2D eigenvalue weighted by Gasteiger charge is -2.05. The van der Waals surface area contributed by atoms with E-state index >= 15 is 0 Å². The molecule has 0 N–H and O–H groups in total. The topological polar surface area (TPSA) is 30.0 Å². The van der Waals surface area contributed by atoms with E-state index in [-0.39, 0.29) is 19.4 Å². The molecule has 0 aliphatic rings. The largest absolute Gasteiger partial charge is 0.296 e. The Labute approximate surface area is 95.0 Å². The Bertz CT molecular complexity index is 346. The Kier molecular flexibility index (Phi) is 3.72. The first-order valence-electron chi connectivity index (χ1n) is 3.15. The first-order valence-corrected chi connectivity index (χ1v) is 5.02. The lowest BCUT2D eigenvalue weighted by molar-refractivity contribution is 0.111. The van der Waals surface area contributed by atoms with Crippen molar-refractivity contribution in [3.63, 3.8) is 0 Å². The van der Waals surface area contributed by atoms with E-state index in [2.05, 4.69) is 20.9 Å². The predicted molar refractivity (Wildman–Crippen MR) is 55.0 cm³/mol. The SMILES string of the molecule is O=Cc1nc(Br)cc(C(F)F)c1I. The summed E-state index contributed by atoms with van der Waals surface area (Å²) in [4.78, 5) is 14.2. The molecule has 0 amide bonds. The Hall–Kier alpha value is -0.110. The Morgan fingerprint density at radius 2 is 2.23 bits per heavy atom. The molecule has 13 heavy (non-hydrogen) atoms. The minimum atomic E-state index is -2.59. The van der Waals surface area contributed by atoms with Crippen LogP contribution < -0.4 is 0 Å². The summed E-state index contributed by atoms with van der Waals surface area (Å²) in [5.41, 5.74) is -0.144. The van der Waals surface area contributed by atoms with Crippen LogP contribution in [-0.2, 0) is 0 Å². The van der Waals surface area contributed by atoms with Gasteiger partial charge in [0.05, 0.1) is 3.57 Å². The van der Waals surface area contributed by atoms with Gasteiger partial charge in [0.2, 0.25) is 0 Å². The predicted octanol–water partition coefficient (Wildman–Crippen LogP) is 3.20. The molecule has 1 rings (SSSR count). The molecule has 0 unspecified atom stereocenters. The van der Waals surface area contributed by atoms with Gasteiger partial charge in [0.25, 0.3) is 6.43 Å². The van der Waals surface area contributed by atoms with Crippen LogP contribution in [0.15, 0.2) is 10.7 Å². The summed E-state index contributed by atoms with van der Waals surface area (Å²) in [7, 11) is 0. The van der Waals surface area contributed by atoms with Crippen molar-refractivity contribution < 1.29 is 13.6 Å². The molecular weight excluding hydrogens is 359 g/mol. The molecule has 2 nitrogen and oxygen atoms in total. The number of aldehydes is 1. The van der Waals surface area contributed by atoms with Crippen molar-refractivity contribution in [2.75, 3.05) is 0 Å². The van der Waals surface area contributed by atoms with E-state index < -0.39 is 6.43 Å². The standard InChI is InChI=1S/C7H3BrF2INO/c8-5-1-3(7(9)10)6(11)4(2-13)12-5/h1-2,7H. The van der Waals surface area contributed by atoms with Crippen molar-refractivity contribution >= 4 is 44.8 Å². The Balaban J connectivity index is 3.35. The highest BCUT2D eigenvalue weighted by Crippen LogP contribution is 2.27. The van der Waals surface area contributed by atoms with Crippen LogP contribution in [0.5, 0.6) is 0 Å². The zero-order valence-electron chi connectivity index (χ0n) is 6.10. The number of hydrogen-bond donors (Lipinski definition) is 0. The molecule has 0 spiro atoms. The number of pyridine rings is 1. The first kappa shape index (κ1) is 11.0. The number of aromatic nitrogens is 1. The lowest BCUT2D eigenvalue weighted by Crippen LogP contribution is -1.99. The molecule has 0 atom stereocenters. The van der Waals surface area contributed by atoms with Gasteiger partial charge >= 0.3 is 0 Å². The van der Waals surface area contributed by atoms with Gasteiger partial charge in [-0.15, -0.1) is 0 Å². The van der Waals surface area contributed by atoms with E-state index in [0.29, 0.717) is 6.29 Å². The molecule has 0 saturated heterocycles. The van der Waals surface area contributed by atoms with E-state index in [9.17, 15) is 13.6 Å². The molecule has 0 saturated carbocycles. The highest BCUT2D eigenvalue weighted by atomic mass is 127. The molecule has 0 aliphatic carbocycles. The van der Waals surface area contributed by atoms with Crippen LogP contribution in [0.25, 0.3) is 0 Å². The number of nitrogens with zero attached hydrogens (tertiary/aromatic N) is 1. The highest BCUT2D eigenvalue weighted by Gasteiger charge is 2.16. The van der Waals surface area contributed by atoms with Crippen LogP contribution >= 0.6 is 38.5 Å². The summed E-state index contributed by atoms with van der Waals surface area (Å²) < 4.78 is 25.2. The fourth-order valence-electron chi connectivity index (χ4n) is 0.773. The van der Waals surface area contributed by atoms with Crippen LogP contribution in [-0.4, -0.2) is 11.3 Å². The van der Waals surface area contributed by atoms with Gasteiger partial charge in [0.1, 0.15) is 10.3 Å². The average molecular weight is 362 g/mol. The average Bonchev–Trinajstić information content (AvgIpc) is 2.08. The number of rotatable bonds is 2. The molecule has 0 fully saturated rings. The fourth-order valence-corrected chi connectivity index (χ4v) is 1.85. The summed E-state index contributed by atoms with van der Waals surface area (Å²) in [6.07, 6.45) is -2.14. The molecule has 0 bridgehead atoms. The van der Waals surface area contributed by atoms with E-state index in [4.69, 9.17) is 0 Å². The molecule has 1 aromatic rings. The normalized spacial score (nSPS) is 10.5. The van der Waals surface area contributed by atoms with Gasteiger partial charge in [0.15, 0.2) is 6.29 Å². The molecule has 1 aromatic heterocycles. The van der Waals surface area contributed by atoms with Gasteiger partial charge in [-0.25, -0.2) is 13.8 Å². The molecule has 0 aromatic carbocycles. The van der Waals surface area contributed by atoms with Gasteiger partial charge in [-0.05, 0) is 44.6 Å². The summed E-state index contributed by atoms with van der Waals surface area (Å²) >= 11 is 4.63. The third kappa shape index (κ3) is 2.43. The number of halogens is 4. The summed E-state index contributed by atoms with van der Waals surface area (Å²) in [5, 5.41) is 0. The number of carbonyl (C=O) groups excluding carboxylic acids is 1. The molecule has 0 aliphatic heterocycles. The van der Waals surface area contributed by atoms with Crippen LogP contribution in [0.1, 0.15) is 22.5 Å². The third-order valence-corrected chi connectivity index (χ3v) is 2.91. The minimum Gasteiger partial charge on any atom is -0.296 e. The second-order valence-corrected chi connectivity index (χ2v) is 4.04. The van der Waals surface area contributed by atoms with Crippen molar-refractivity contribution in [3.8, 4) is 0 Å². The number of carbonyl (C=O) groups is 1. The Morgan fingerprint density at radius 3 is 2.69 bits per heavy atom. The zero-order valence-corrected chi connectivity index (χ0v) is 9.84. The first-order chi connectivity index (χ1) is 6.06. The maximum absolute atomic E-state index is 12.4.